The van der Waals surface area contributed by atoms with Crippen molar-refractivity contribution in [1.82, 2.24) is 0 Å². The molecule has 0 aliphatic carbocycles. The summed E-state index contributed by atoms with van der Waals surface area (Å²) in [7, 11) is 0. The smallest absolute Gasteiger partial charge is 0.303 e. The van der Waals surface area contributed by atoms with Crippen LogP contribution in [0.4, 0.5) is 0 Å². The standard InChI is InChI=1S/C18H34O2/c1-2-3-4-5-6-7-8-9-10-11-12-13-14-15-16-17-18(19)20/h4-5H,2-3,6-17H2,1H3,(H,19,20). The highest BCUT2D eigenvalue weighted by Crippen LogP contribution is 2.12. The van der Waals surface area contributed by atoms with Gasteiger partial charge in [-0.3, -0.25) is 4.79 Å². The van der Waals surface area contributed by atoms with Crippen molar-refractivity contribution in [2.75, 3.05) is 0 Å². The number of allylic oxidation sites excluding steroid dienone is 2. The van der Waals surface area contributed by atoms with Crippen molar-refractivity contribution in [3.8, 4) is 0 Å². The topological polar surface area (TPSA) is 37.3 Å². The number of carboxylic acids is 1. The molecule has 0 saturated heterocycles. The Morgan fingerprint density at radius 3 is 1.70 bits per heavy atom. The van der Waals surface area contributed by atoms with Gasteiger partial charge in [-0.25, -0.2) is 0 Å². The Morgan fingerprint density at radius 2 is 1.20 bits per heavy atom. The van der Waals surface area contributed by atoms with Gasteiger partial charge in [0, 0.05) is 6.42 Å². The zero-order valence-corrected chi connectivity index (χ0v) is 13.4. The van der Waals surface area contributed by atoms with Gasteiger partial charge in [-0.2, -0.15) is 0 Å². The summed E-state index contributed by atoms with van der Waals surface area (Å²) >= 11 is 0. The van der Waals surface area contributed by atoms with E-state index >= 15 is 0 Å². The lowest BCUT2D eigenvalue weighted by molar-refractivity contribution is -0.137. The third kappa shape index (κ3) is 17.2. The second kappa shape index (κ2) is 16.3. The van der Waals surface area contributed by atoms with E-state index in [1.54, 1.807) is 0 Å². The van der Waals surface area contributed by atoms with Gasteiger partial charge < -0.3 is 5.11 Å². The first-order valence-corrected chi connectivity index (χ1v) is 8.64. The van der Waals surface area contributed by atoms with E-state index in [1.807, 2.05) is 0 Å². The number of rotatable bonds is 15. The van der Waals surface area contributed by atoms with E-state index in [9.17, 15) is 4.79 Å². The molecule has 0 aromatic rings. The predicted octanol–water partition coefficient (Wildman–Crippen LogP) is 6.11. The number of hydrogen-bond acceptors (Lipinski definition) is 1. The third-order valence-electron chi connectivity index (χ3n) is 3.63. The van der Waals surface area contributed by atoms with Crippen molar-refractivity contribution in [3.05, 3.63) is 12.2 Å². The number of aliphatic carboxylic acids is 1. The Labute approximate surface area is 125 Å². The van der Waals surface area contributed by atoms with E-state index in [0.717, 1.165) is 12.8 Å². The van der Waals surface area contributed by atoms with E-state index in [1.165, 1.54) is 70.6 Å². The summed E-state index contributed by atoms with van der Waals surface area (Å²) in [5.41, 5.74) is 0. The van der Waals surface area contributed by atoms with Crippen molar-refractivity contribution in [3.63, 3.8) is 0 Å². The lowest BCUT2D eigenvalue weighted by atomic mass is 10.1. The van der Waals surface area contributed by atoms with Crippen LogP contribution in [0, 0.1) is 0 Å². The van der Waals surface area contributed by atoms with Gasteiger partial charge in [-0.15, -0.1) is 0 Å². The van der Waals surface area contributed by atoms with Gasteiger partial charge in [-0.1, -0.05) is 76.9 Å². The van der Waals surface area contributed by atoms with E-state index < -0.39 is 5.97 Å². The molecule has 0 aromatic carbocycles. The molecule has 0 aliphatic rings. The molecule has 0 spiro atoms. The zero-order valence-electron chi connectivity index (χ0n) is 13.4. The average molecular weight is 282 g/mol. The quantitative estimate of drug-likeness (QED) is 0.291. The van der Waals surface area contributed by atoms with Crippen molar-refractivity contribution in [1.29, 1.82) is 0 Å². The minimum atomic E-state index is -0.658. The minimum absolute atomic E-state index is 0.340. The molecule has 0 amide bonds. The number of unbranched alkanes of at least 4 members (excludes halogenated alkanes) is 11. The van der Waals surface area contributed by atoms with Gasteiger partial charge >= 0.3 is 5.97 Å². The molecule has 0 saturated carbocycles. The average Bonchev–Trinajstić information content (AvgIpc) is 2.43. The van der Waals surface area contributed by atoms with Crippen LogP contribution in [0.15, 0.2) is 12.2 Å². The van der Waals surface area contributed by atoms with Crippen molar-refractivity contribution in [2.45, 2.75) is 96.8 Å². The van der Waals surface area contributed by atoms with Crippen LogP contribution in [0.5, 0.6) is 0 Å². The molecule has 0 unspecified atom stereocenters. The highest BCUT2D eigenvalue weighted by molar-refractivity contribution is 5.66. The fraction of sp³-hybridized carbons (Fsp3) is 0.833. The Kier molecular flexibility index (Phi) is 15.6. The molecule has 20 heavy (non-hydrogen) atoms. The maximum absolute atomic E-state index is 10.3. The molecular weight excluding hydrogens is 248 g/mol. The Balaban J connectivity index is 3.01. The molecule has 118 valence electrons. The summed E-state index contributed by atoms with van der Waals surface area (Å²) in [5, 5.41) is 8.51. The highest BCUT2D eigenvalue weighted by Gasteiger charge is 1.96. The molecular formula is C18H34O2. The minimum Gasteiger partial charge on any atom is -0.481 e. The molecule has 0 rings (SSSR count). The van der Waals surface area contributed by atoms with Crippen molar-refractivity contribution in [2.24, 2.45) is 0 Å². The van der Waals surface area contributed by atoms with Gasteiger partial charge in [0.25, 0.3) is 0 Å². The van der Waals surface area contributed by atoms with E-state index in [2.05, 4.69) is 19.1 Å². The second-order valence-corrected chi connectivity index (χ2v) is 5.73. The number of carboxylic acid groups (broad SMARTS) is 1. The SMILES string of the molecule is CCCC=CCCCCCCCCCCCCC(=O)O. The van der Waals surface area contributed by atoms with Crippen molar-refractivity contribution < 1.29 is 9.90 Å². The fourth-order valence-electron chi connectivity index (χ4n) is 2.35. The summed E-state index contributed by atoms with van der Waals surface area (Å²) < 4.78 is 0. The van der Waals surface area contributed by atoms with Crippen LogP contribution in [0.3, 0.4) is 0 Å². The monoisotopic (exact) mass is 282 g/mol. The summed E-state index contributed by atoms with van der Waals surface area (Å²) in [4.78, 5) is 10.3. The number of carbonyl (C=O) groups is 1. The van der Waals surface area contributed by atoms with Gasteiger partial charge in [0.2, 0.25) is 0 Å². The maximum Gasteiger partial charge on any atom is 0.303 e. The zero-order chi connectivity index (χ0) is 14.9. The lowest BCUT2D eigenvalue weighted by Gasteiger charge is -2.01. The molecule has 0 fully saturated rings. The molecule has 2 heteroatoms. The molecule has 0 radical (unpaired) electrons. The van der Waals surface area contributed by atoms with E-state index in [4.69, 9.17) is 5.11 Å². The first kappa shape index (κ1) is 19.2. The summed E-state index contributed by atoms with van der Waals surface area (Å²) in [6, 6.07) is 0. The molecule has 0 atom stereocenters. The van der Waals surface area contributed by atoms with Crippen molar-refractivity contribution >= 4 is 5.97 Å². The predicted molar refractivity (Wildman–Crippen MR) is 87.1 cm³/mol. The lowest BCUT2D eigenvalue weighted by Crippen LogP contribution is -1.93. The summed E-state index contributed by atoms with van der Waals surface area (Å²) in [6.45, 7) is 2.22. The number of hydrogen-bond donors (Lipinski definition) is 1. The first-order chi connectivity index (χ1) is 9.77. The molecule has 0 heterocycles. The third-order valence-corrected chi connectivity index (χ3v) is 3.63. The van der Waals surface area contributed by atoms with Crippen LogP contribution in [0.1, 0.15) is 96.8 Å². The molecule has 0 aromatic heterocycles. The molecule has 0 bridgehead atoms. The van der Waals surface area contributed by atoms with Gasteiger partial charge in [0.1, 0.15) is 0 Å². The first-order valence-electron chi connectivity index (χ1n) is 8.64. The van der Waals surface area contributed by atoms with Crippen LogP contribution < -0.4 is 0 Å². The van der Waals surface area contributed by atoms with E-state index in [0.29, 0.717) is 6.42 Å². The van der Waals surface area contributed by atoms with Crippen LogP contribution in [0.25, 0.3) is 0 Å². The summed E-state index contributed by atoms with van der Waals surface area (Å²) in [6.07, 6.45) is 21.3. The molecule has 1 N–H and O–H groups in total. The Bertz CT molecular complexity index is 234. The summed E-state index contributed by atoms with van der Waals surface area (Å²) in [5.74, 6) is -0.658. The fourth-order valence-corrected chi connectivity index (χ4v) is 2.35. The van der Waals surface area contributed by atoms with Gasteiger partial charge in [0.05, 0.1) is 0 Å². The Morgan fingerprint density at radius 1 is 0.750 bits per heavy atom. The van der Waals surface area contributed by atoms with Crippen LogP contribution in [-0.2, 0) is 4.79 Å². The van der Waals surface area contributed by atoms with Gasteiger partial charge in [0.15, 0.2) is 0 Å². The molecule has 0 aliphatic heterocycles. The Hall–Kier alpha value is -0.790. The molecule has 2 nitrogen and oxygen atoms in total. The van der Waals surface area contributed by atoms with Crippen LogP contribution >= 0.6 is 0 Å². The largest absolute Gasteiger partial charge is 0.481 e. The normalized spacial score (nSPS) is 11.2. The van der Waals surface area contributed by atoms with Crippen LogP contribution in [-0.4, -0.2) is 11.1 Å². The second-order valence-electron chi connectivity index (χ2n) is 5.73. The van der Waals surface area contributed by atoms with Gasteiger partial charge in [-0.05, 0) is 25.7 Å². The van der Waals surface area contributed by atoms with Crippen LogP contribution in [0.2, 0.25) is 0 Å². The highest BCUT2D eigenvalue weighted by atomic mass is 16.4. The van der Waals surface area contributed by atoms with E-state index in [-0.39, 0.29) is 0 Å². The maximum atomic E-state index is 10.3.